The molecule has 4 heteroatoms. The van der Waals surface area contributed by atoms with Gasteiger partial charge in [0, 0.05) is 18.3 Å². The molecule has 0 saturated carbocycles. The molecule has 1 atom stereocenters. The Kier molecular flexibility index (Phi) is 8.94. The van der Waals surface area contributed by atoms with Gasteiger partial charge in [0.05, 0.1) is 19.3 Å². The maximum absolute atomic E-state index is 6.24. The van der Waals surface area contributed by atoms with Crippen molar-refractivity contribution in [2.45, 2.75) is 70.8 Å². The molecular formula is C25H39NO2Si. The minimum absolute atomic E-state index is 0.0456. The first-order chi connectivity index (χ1) is 13.7. The van der Waals surface area contributed by atoms with Crippen molar-refractivity contribution in [2.24, 2.45) is 0 Å². The first kappa shape index (κ1) is 23.7. The summed E-state index contributed by atoms with van der Waals surface area (Å²) >= 11 is 0. The Labute approximate surface area is 178 Å². The summed E-state index contributed by atoms with van der Waals surface area (Å²) in [6, 6.07) is 10.8. The van der Waals surface area contributed by atoms with Crippen molar-refractivity contribution in [3.05, 3.63) is 61.3 Å². The van der Waals surface area contributed by atoms with E-state index >= 15 is 0 Å². The molecular weight excluding hydrogens is 374 g/mol. The smallest absolute Gasteiger partial charge is 0.192 e. The highest BCUT2D eigenvalue weighted by atomic mass is 28.4. The summed E-state index contributed by atoms with van der Waals surface area (Å²) in [5.41, 5.74) is 1.33. The molecule has 1 heterocycles. The standard InChI is InChI=1S/C25H39NO2Si/c1-7-23(21-28-29(5,6)25(2,3)4)27-20-14-10-8-9-13-18-26-19-17-22-15-11-12-16-24(22)26/h7,10-12,14-17,19,23H,1,8-9,13,18,20-21H2,2-6H3/b14-10+/t23-/m1/s1. The maximum atomic E-state index is 6.24. The highest BCUT2D eigenvalue weighted by Crippen LogP contribution is 2.36. The second kappa shape index (κ2) is 11.0. The minimum Gasteiger partial charge on any atom is -0.414 e. The molecule has 0 saturated heterocycles. The quantitative estimate of drug-likeness (QED) is 0.213. The predicted molar refractivity (Wildman–Crippen MR) is 128 cm³/mol. The van der Waals surface area contributed by atoms with Crippen molar-refractivity contribution >= 4 is 19.2 Å². The normalized spacial score (nSPS) is 14.0. The van der Waals surface area contributed by atoms with Gasteiger partial charge in [-0.2, -0.15) is 0 Å². The van der Waals surface area contributed by atoms with Gasteiger partial charge in [0.25, 0.3) is 0 Å². The van der Waals surface area contributed by atoms with E-state index in [9.17, 15) is 0 Å². The molecule has 0 aliphatic carbocycles. The molecule has 0 bridgehead atoms. The van der Waals surface area contributed by atoms with E-state index in [4.69, 9.17) is 9.16 Å². The molecule has 0 aliphatic rings. The van der Waals surface area contributed by atoms with E-state index in [1.165, 1.54) is 23.7 Å². The molecule has 160 valence electrons. The van der Waals surface area contributed by atoms with Crippen molar-refractivity contribution in [1.29, 1.82) is 0 Å². The minimum atomic E-state index is -1.74. The van der Waals surface area contributed by atoms with Crippen LogP contribution in [0.4, 0.5) is 0 Å². The lowest BCUT2D eigenvalue weighted by molar-refractivity contribution is 0.0637. The van der Waals surface area contributed by atoms with E-state index in [1.54, 1.807) is 0 Å². The lowest BCUT2D eigenvalue weighted by Gasteiger charge is -2.36. The topological polar surface area (TPSA) is 23.4 Å². The molecule has 1 aromatic carbocycles. The van der Waals surface area contributed by atoms with Crippen LogP contribution in [0.3, 0.4) is 0 Å². The Morgan fingerprint density at radius 2 is 1.86 bits per heavy atom. The number of hydrogen-bond donors (Lipinski definition) is 0. The van der Waals surface area contributed by atoms with Gasteiger partial charge in [-0.1, -0.05) is 57.2 Å². The second-order valence-corrected chi connectivity index (χ2v) is 14.0. The van der Waals surface area contributed by atoms with Crippen molar-refractivity contribution in [2.75, 3.05) is 13.2 Å². The number of rotatable bonds is 12. The molecule has 1 aromatic heterocycles. The summed E-state index contributed by atoms with van der Waals surface area (Å²) in [7, 11) is -1.74. The van der Waals surface area contributed by atoms with Crippen LogP contribution in [0.25, 0.3) is 10.9 Å². The number of unbranched alkanes of at least 4 members (excludes halogenated alkanes) is 2. The fourth-order valence-corrected chi connectivity index (χ4v) is 3.95. The van der Waals surface area contributed by atoms with Gasteiger partial charge in [-0.15, -0.1) is 6.58 Å². The van der Waals surface area contributed by atoms with Gasteiger partial charge >= 0.3 is 0 Å². The van der Waals surface area contributed by atoms with E-state index < -0.39 is 8.32 Å². The van der Waals surface area contributed by atoms with Gasteiger partial charge in [0.15, 0.2) is 8.32 Å². The highest BCUT2D eigenvalue weighted by molar-refractivity contribution is 6.74. The summed E-state index contributed by atoms with van der Waals surface area (Å²) < 4.78 is 14.5. The number of hydrogen-bond acceptors (Lipinski definition) is 2. The largest absolute Gasteiger partial charge is 0.414 e. The Morgan fingerprint density at radius 1 is 1.10 bits per heavy atom. The first-order valence-electron chi connectivity index (χ1n) is 10.8. The van der Waals surface area contributed by atoms with Crippen molar-refractivity contribution in [3.63, 3.8) is 0 Å². The Hall–Kier alpha value is -1.62. The third-order valence-corrected chi connectivity index (χ3v) is 10.5. The van der Waals surface area contributed by atoms with Gasteiger partial charge in [-0.05, 0) is 54.9 Å². The number of benzene rings is 1. The van der Waals surface area contributed by atoms with Crippen LogP contribution in [0.1, 0.15) is 40.0 Å². The maximum Gasteiger partial charge on any atom is 0.192 e. The molecule has 29 heavy (non-hydrogen) atoms. The van der Waals surface area contributed by atoms with Crippen LogP contribution < -0.4 is 0 Å². The molecule has 0 aliphatic heterocycles. The third kappa shape index (κ3) is 7.29. The van der Waals surface area contributed by atoms with Gasteiger partial charge < -0.3 is 13.7 Å². The Bertz CT molecular complexity index is 785. The summed E-state index contributed by atoms with van der Waals surface area (Å²) in [6.07, 6.45) is 11.8. The van der Waals surface area contributed by atoms with E-state index in [1.807, 2.05) is 6.08 Å². The van der Waals surface area contributed by atoms with Crippen molar-refractivity contribution in [1.82, 2.24) is 4.57 Å². The molecule has 2 aromatic rings. The number of allylic oxidation sites excluding steroid dienone is 1. The van der Waals surface area contributed by atoms with Crippen LogP contribution >= 0.6 is 0 Å². The molecule has 0 radical (unpaired) electrons. The SMILES string of the molecule is C=C[C@H](CO[Si](C)(C)C(C)(C)C)OC/C=C/CCCCn1ccc2ccccc21. The second-order valence-electron chi connectivity index (χ2n) is 9.21. The molecule has 0 amide bonds. The monoisotopic (exact) mass is 413 g/mol. The average molecular weight is 414 g/mol. The van der Waals surface area contributed by atoms with Crippen LogP contribution in [-0.2, 0) is 15.7 Å². The molecule has 0 N–H and O–H groups in total. The fraction of sp³-hybridized carbons (Fsp3) is 0.520. The van der Waals surface area contributed by atoms with E-state index in [0.717, 1.165) is 13.0 Å². The van der Waals surface area contributed by atoms with Gasteiger partial charge in [-0.25, -0.2) is 0 Å². The summed E-state index contributed by atoms with van der Waals surface area (Å²) in [6.45, 7) is 17.5. The Morgan fingerprint density at radius 3 is 2.59 bits per heavy atom. The van der Waals surface area contributed by atoms with Gasteiger partial charge in [-0.3, -0.25) is 0 Å². The van der Waals surface area contributed by atoms with Crippen LogP contribution in [0.15, 0.2) is 61.3 Å². The molecule has 0 fully saturated rings. The predicted octanol–water partition coefficient (Wildman–Crippen LogP) is 6.96. The van der Waals surface area contributed by atoms with Crippen molar-refractivity contribution < 1.29 is 9.16 Å². The van der Waals surface area contributed by atoms with Gasteiger partial charge in [0.2, 0.25) is 0 Å². The molecule has 0 spiro atoms. The summed E-state index contributed by atoms with van der Waals surface area (Å²) in [5.74, 6) is 0. The van der Waals surface area contributed by atoms with Gasteiger partial charge in [0.1, 0.15) is 0 Å². The van der Waals surface area contributed by atoms with Crippen molar-refractivity contribution in [3.8, 4) is 0 Å². The number of ether oxygens (including phenoxy) is 1. The van der Waals surface area contributed by atoms with E-state index in [2.05, 4.69) is 93.7 Å². The average Bonchev–Trinajstić information content (AvgIpc) is 3.08. The van der Waals surface area contributed by atoms with Crippen LogP contribution in [-0.4, -0.2) is 32.2 Å². The lowest BCUT2D eigenvalue weighted by Crippen LogP contribution is -2.42. The fourth-order valence-electron chi connectivity index (χ4n) is 2.94. The molecule has 2 rings (SSSR count). The first-order valence-corrected chi connectivity index (χ1v) is 13.7. The number of fused-ring (bicyclic) bond motifs is 1. The lowest BCUT2D eigenvalue weighted by atomic mass is 10.2. The number of nitrogens with zero attached hydrogens (tertiary/aromatic N) is 1. The Balaban J connectivity index is 1.61. The number of aryl methyl sites for hydroxylation is 1. The molecule has 0 unspecified atom stereocenters. The van der Waals surface area contributed by atoms with Crippen LogP contribution in [0.2, 0.25) is 18.1 Å². The molecule has 3 nitrogen and oxygen atoms in total. The van der Waals surface area contributed by atoms with Crippen LogP contribution in [0, 0.1) is 0 Å². The third-order valence-electron chi connectivity index (χ3n) is 5.95. The summed E-state index contributed by atoms with van der Waals surface area (Å²) in [4.78, 5) is 0. The zero-order valence-electron chi connectivity index (χ0n) is 19.0. The summed E-state index contributed by atoms with van der Waals surface area (Å²) in [5, 5.41) is 1.53. The van der Waals surface area contributed by atoms with E-state index in [-0.39, 0.29) is 11.1 Å². The zero-order valence-corrected chi connectivity index (χ0v) is 20.0. The number of aromatic nitrogens is 1. The number of para-hydroxylation sites is 1. The highest BCUT2D eigenvalue weighted by Gasteiger charge is 2.37. The zero-order chi connectivity index (χ0) is 21.3. The van der Waals surface area contributed by atoms with E-state index in [0.29, 0.717) is 13.2 Å². The van der Waals surface area contributed by atoms with Crippen LogP contribution in [0.5, 0.6) is 0 Å².